The van der Waals surface area contributed by atoms with E-state index in [4.69, 9.17) is 9.47 Å². The second-order valence-corrected chi connectivity index (χ2v) is 11.3. The van der Waals surface area contributed by atoms with Crippen LogP contribution in [0, 0.1) is 20.8 Å². The number of fused-ring (bicyclic) bond motifs is 1. The zero-order chi connectivity index (χ0) is 27.4. The summed E-state index contributed by atoms with van der Waals surface area (Å²) in [4.78, 5) is 27.6. The van der Waals surface area contributed by atoms with E-state index in [1.165, 1.54) is 16.3 Å². The van der Waals surface area contributed by atoms with Crippen LogP contribution < -0.4 is 9.64 Å². The number of ether oxygens (including phenoxy) is 2. The summed E-state index contributed by atoms with van der Waals surface area (Å²) in [7, 11) is -2.78. The predicted octanol–water partition coefficient (Wildman–Crippen LogP) is 3.81. The van der Waals surface area contributed by atoms with Crippen molar-refractivity contribution in [2.75, 3.05) is 31.6 Å². The molecule has 0 aromatic heterocycles. The lowest BCUT2D eigenvalue weighted by Gasteiger charge is -2.35. The lowest BCUT2D eigenvalue weighted by molar-refractivity contribution is -0.148. The van der Waals surface area contributed by atoms with Gasteiger partial charge in [-0.2, -0.15) is 4.31 Å². The normalized spacial score (nSPS) is 15.1. The van der Waals surface area contributed by atoms with Gasteiger partial charge in [0.05, 0.1) is 30.8 Å². The molecule has 1 heterocycles. The molecule has 1 aliphatic rings. The molecule has 0 saturated carbocycles. The molecule has 0 radical (unpaired) electrons. The number of rotatable bonds is 8. The van der Waals surface area contributed by atoms with Gasteiger partial charge in [-0.3, -0.25) is 4.79 Å². The first kappa shape index (κ1) is 27.3. The Hall–Kier alpha value is -3.69. The van der Waals surface area contributed by atoms with E-state index in [0.29, 0.717) is 29.0 Å². The van der Waals surface area contributed by atoms with Crippen LogP contribution in [0.15, 0.2) is 71.6 Å². The highest BCUT2D eigenvalue weighted by Crippen LogP contribution is 2.34. The fourth-order valence-corrected chi connectivity index (χ4v) is 6.65. The SMILES string of the molecule is COC(=O)[C@H]1CN(C(=O)CN(CCc2ccccc2)S(=O)(=O)c2c(C)cc(C)cc2C)c2ccccc2O1. The summed E-state index contributed by atoms with van der Waals surface area (Å²) in [5.41, 5.74) is 3.65. The number of carbonyl (C=O) groups excluding carboxylic acids is 2. The summed E-state index contributed by atoms with van der Waals surface area (Å²) in [6.45, 7) is 5.08. The van der Waals surface area contributed by atoms with Gasteiger partial charge >= 0.3 is 5.97 Å². The van der Waals surface area contributed by atoms with Gasteiger partial charge < -0.3 is 14.4 Å². The number of para-hydroxylation sites is 2. The smallest absolute Gasteiger partial charge is 0.348 e. The van der Waals surface area contributed by atoms with Crippen LogP contribution in [0.25, 0.3) is 0 Å². The number of anilines is 1. The van der Waals surface area contributed by atoms with Crippen molar-refractivity contribution in [2.24, 2.45) is 0 Å². The molecule has 9 heteroatoms. The first-order chi connectivity index (χ1) is 18.1. The molecule has 0 fully saturated rings. The minimum Gasteiger partial charge on any atom is -0.475 e. The van der Waals surface area contributed by atoms with Gasteiger partial charge in [-0.15, -0.1) is 0 Å². The van der Waals surface area contributed by atoms with Crippen LogP contribution in [-0.4, -0.2) is 57.4 Å². The maximum Gasteiger partial charge on any atom is 0.348 e. The van der Waals surface area contributed by atoms with Crippen LogP contribution in [0.3, 0.4) is 0 Å². The first-order valence-corrected chi connectivity index (χ1v) is 13.8. The third-order valence-electron chi connectivity index (χ3n) is 6.55. The molecular formula is C29H32N2O6S. The second kappa shape index (κ2) is 11.4. The molecule has 4 rings (SSSR count). The predicted molar refractivity (Wildman–Crippen MR) is 145 cm³/mol. The maximum absolute atomic E-state index is 14.0. The Kier molecular flexibility index (Phi) is 8.18. The van der Waals surface area contributed by atoms with E-state index in [0.717, 1.165) is 11.1 Å². The topological polar surface area (TPSA) is 93.2 Å². The number of benzene rings is 3. The van der Waals surface area contributed by atoms with Crippen LogP contribution in [0.2, 0.25) is 0 Å². The fourth-order valence-electron chi connectivity index (χ4n) is 4.85. The molecule has 0 N–H and O–H groups in total. The third-order valence-corrected chi connectivity index (χ3v) is 8.70. The third kappa shape index (κ3) is 5.74. The molecule has 3 aromatic rings. The van der Waals surface area contributed by atoms with E-state index >= 15 is 0 Å². The largest absolute Gasteiger partial charge is 0.475 e. The number of methoxy groups -OCH3 is 1. The van der Waals surface area contributed by atoms with Gasteiger partial charge in [0.2, 0.25) is 22.0 Å². The number of amides is 1. The van der Waals surface area contributed by atoms with Gasteiger partial charge in [0.15, 0.2) is 0 Å². The van der Waals surface area contributed by atoms with E-state index in [-0.39, 0.29) is 18.0 Å². The molecule has 0 saturated heterocycles. The monoisotopic (exact) mass is 536 g/mol. The number of carbonyl (C=O) groups is 2. The molecule has 38 heavy (non-hydrogen) atoms. The number of nitrogens with zero attached hydrogens (tertiary/aromatic N) is 2. The summed E-state index contributed by atoms with van der Waals surface area (Å²) in [5, 5.41) is 0. The summed E-state index contributed by atoms with van der Waals surface area (Å²) < 4.78 is 39.9. The Morgan fingerprint density at radius 2 is 1.63 bits per heavy atom. The van der Waals surface area contributed by atoms with Gasteiger partial charge in [-0.1, -0.05) is 60.2 Å². The number of esters is 1. The highest BCUT2D eigenvalue weighted by molar-refractivity contribution is 7.89. The summed E-state index contributed by atoms with van der Waals surface area (Å²) in [6.07, 6.45) is -0.586. The number of aryl methyl sites for hydroxylation is 3. The van der Waals surface area contributed by atoms with Crippen LogP contribution in [0.4, 0.5) is 5.69 Å². The van der Waals surface area contributed by atoms with Crippen molar-refractivity contribution in [1.29, 1.82) is 0 Å². The van der Waals surface area contributed by atoms with Crippen molar-refractivity contribution in [1.82, 2.24) is 4.31 Å². The van der Waals surface area contributed by atoms with Crippen molar-refractivity contribution in [3.63, 3.8) is 0 Å². The average molecular weight is 537 g/mol. The second-order valence-electron chi connectivity index (χ2n) is 9.40. The lowest BCUT2D eigenvalue weighted by Crippen LogP contribution is -2.51. The highest BCUT2D eigenvalue weighted by atomic mass is 32.2. The van der Waals surface area contributed by atoms with Gasteiger partial charge in [-0.25, -0.2) is 13.2 Å². The summed E-state index contributed by atoms with van der Waals surface area (Å²) >= 11 is 0. The van der Waals surface area contributed by atoms with Crippen molar-refractivity contribution in [2.45, 2.75) is 38.2 Å². The number of hydrogen-bond acceptors (Lipinski definition) is 6. The average Bonchev–Trinajstić information content (AvgIpc) is 2.89. The Balaban J connectivity index is 1.69. The molecule has 1 aliphatic heterocycles. The van der Waals surface area contributed by atoms with Crippen LogP contribution >= 0.6 is 0 Å². The zero-order valence-electron chi connectivity index (χ0n) is 22.0. The minimum atomic E-state index is -4.03. The van der Waals surface area contributed by atoms with Gasteiger partial charge in [0.25, 0.3) is 0 Å². The molecule has 1 atom stereocenters. The van der Waals surface area contributed by atoms with Gasteiger partial charge in [0.1, 0.15) is 5.75 Å². The molecule has 0 aliphatic carbocycles. The van der Waals surface area contributed by atoms with Gasteiger partial charge in [-0.05, 0) is 56.0 Å². The molecule has 0 bridgehead atoms. The van der Waals surface area contributed by atoms with Crippen LogP contribution in [0.5, 0.6) is 5.75 Å². The maximum atomic E-state index is 14.0. The quantitative estimate of drug-likeness (QED) is 0.407. The fraction of sp³-hybridized carbons (Fsp3) is 0.310. The van der Waals surface area contributed by atoms with Crippen molar-refractivity contribution >= 4 is 27.6 Å². The Labute approximate surface area is 223 Å². The van der Waals surface area contributed by atoms with Crippen LogP contribution in [0.1, 0.15) is 22.3 Å². The molecular weight excluding hydrogens is 504 g/mol. The van der Waals surface area contributed by atoms with Crippen LogP contribution in [-0.2, 0) is 30.8 Å². The minimum absolute atomic E-state index is 0.0856. The standard InChI is InChI=1S/C29H32N2O6S/c1-20-16-21(2)28(22(3)17-20)38(34,35)30(15-14-23-10-6-5-7-11-23)19-27(32)31-18-26(29(33)36-4)37-25-13-9-8-12-24(25)31/h5-13,16-17,26H,14-15,18-19H2,1-4H3/t26-/m1/s1. The molecule has 3 aromatic carbocycles. The summed E-state index contributed by atoms with van der Waals surface area (Å²) in [5.74, 6) is -0.725. The van der Waals surface area contributed by atoms with E-state index < -0.39 is 34.5 Å². The van der Waals surface area contributed by atoms with Crippen molar-refractivity contribution < 1.29 is 27.5 Å². The molecule has 200 valence electrons. The Bertz CT molecular complexity index is 1420. The number of sulfonamides is 1. The molecule has 8 nitrogen and oxygen atoms in total. The Morgan fingerprint density at radius 1 is 1.00 bits per heavy atom. The van der Waals surface area contributed by atoms with Crippen molar-refractivity contribution in [3.8, 4) is 5.75 Å². The lowest BCUT2D eigenvalue weighted by atomic mass is 10.1. The summed E-state index contributed by atoms with van der Waals surface area (Å²) in [6, 6.07) is 20.1. The van der Waals surface area contributed by atoms with Crippen molar-refractivity contribution in [3.05, 3.63) is 89.0 Å². The van der Waals surface area contributed by atoms with E-state index in [2.05, 4.69) is 0 Å². The molecule has 1 amide bonds. The van der Waals surface area contributed by atoms with E-state index in [1.807, 2.05) is 49.4 Å². The highest BCUT2D eigenvalue weighted by Gasteiger charge is 2.37. The number of hydrogen-bond donors (Lipinski definition) is 0. The van der Waals surface area contributed by atoms with E-state index in [9.17, 15) is 18.0 Å². The van der Waals surface area contributed by atoms with E-state index in [1.54, 1.807) is 38.1 Å². The zero-order valence-corrected chi connectivity index (χ0v) is 22.8. The molecule has 0 spiro atoms. The Morgan fingerprint density at radius 3 is 2.29 bits per heavy atom. The molecule has 0 unspecified atom stereocenters. The van der Waals surface area contributed by atoms with Gasteiger partial charge in [0, 0.05) is 6.54 Å². The first-order valence-electron chi connectivity index (χ1n) is 12.4.